The van der Waals surface area contributed by atoms with Crippen molar-refractivity contribution in [3.63, 3.8) is 0 Å². The van der Waals surface area contributed by atoms with E-state index in [1.807, 2.05) is 12.1 Å². The molecule has 3 nitrogen and oxygen atoms in total. The summed E-state index contributed by atoms with van der Waals surface area (Å²) in [5.74, 6) is 0.464. The van der Waals surface area contributed by atoms with E-state index in [1.165, 1.54) is 12.8 Å². The number of nitrogens with two attached hydrogens (primary N) is 1. The minimum atomic E-state index is -0.376. The highest BCUT2D eigenvalue weighted by atomic mass is 16.1. The van der Waals surface area contributed by atoms with Crippen LogP contribution in [0.2, 0.25) is 0 Å². The van der Waals surface area contributed by atoms with E-state index in [1.54, 1.807) is 12.1 Å². The smallest absolute Gasteiger partial charge is 0.248 e. The van der Waals surface area contributed by atoms with Crippen LogP contribution in [0.4, 0.5) is 5.69 Å². The van der Waals surface area contributed by atoms with Crippen molar-refractivity contribution in [2.45, 2.75) is 25.8 Å². The number of carbonyl (C=O) groups is 1. The fraction of sp³-hybridized carbons (Fsp3) is 0.417. The Labute approximate surface area is 89.7 Å². The number of anilines is 1. The summed E-state index contributed by atoms with van der Waals surface area (Å²) in [6.45, 7) is 2.26. The summed E-state index contributed by atoms with van der Waals surface area (Å²) in [4.78, 5) is 10.8. The maximum absolute atomic E-state index is 10.8. The van der Waals surface area contributed by atoms with Crippen LogP contribution in [0.5, 0.6) is 0 Å². The monoisotopic (exact) mass is 204 g/mol. The Kier molecular flexibility index (Phi) is 2.62. The number of nitrogens with one attached hydrogen (secondary N) is 1. The molecular weight excluding hydrogens is 188 g/mol. The van der Waals surface area contributed by atoms with Gasteiger partial charge in [0.15, 0.2) is 0 Å². The number of amides is 1. The highest BCUT2D eigenvalue weighted by Gasteiger charge is 2.24. The lowest BCUT2D eigenvalue weighted by molar-refractivity contribution is 0.100. The first-order valence-electron chi connectivity index (χ1n) is 5.31. The first-order valence-corrected chi connectivity index (χ1v) is 5.31. The van der Waals surface area contributed by atoms with Crippen molar-refractivity contribution in [1.29, 1.82) is 0 Å². The largest absolute Gasteiger partial charge is 0.382 e. The first-order chi connectivity index (χ1) is 7.15. The van der Waals surface area contributed by atoms with E-state index in [2.05, 4.69) is 12.2 Å². The Bertz CT molecular complexity index is 352. The summed E-state index contributed by atoms with van der Waals surface area (Å²) < 4.78 is 0. The number of benzene rings is 1. The van der Waals surface area contributed by atoms with Crippen LogP contribution in [0, 0.1) is 5.92 Å². The average molecular weight is 204 g/mol. The zero-order valence-electron chi connectivity index (χ0n) is 8.86. The van der Waals surface area contributed by atoms with E-state index in [0.717, 1.165) is 11.6 Å². The van der Waals surface area contributed by atoms with E-state index >= 15 is 0 Å². The molecule has 1 aliphatic carbocycles. The van der Waals surface area contributed by atoms with Gasteiger partial charge in [-0.1, -0.05) is 6.92 Å². The Morgan fingerprint density at radius 1 is 1.33 bits per heavy atom. The fourth-order valence-corrected chi connectivity index (χ4v) is 1.99. The Morgan fingerprint density at radius 3 is 2.40 bits per heavy atom. The molecule has 80 valence electrons. The molecule has 1 amide bonds. The second-order valence-corrected chi connectivity index (χ2v) is 4.36. The van der Waals surface area contributed by atoms with Crippen LogP contribution in [0.1, 0.15) is 30.1 Å². The van der Waals surface area contributed by atoms with Crippen molar-refractivity contribution >= 4 is 11.6 Å². The zero-order chi connectivity index (χ0) is 10.8. The van der Waals surface area contributed by atoms with Gasteiger partial charge in [-0.05, 0) is 43.0 Å². The first kappa shape index (κ1) is 10.0. The van der Waals surface area contributed by atoms with Crippen LogP contribution in [-0.2, 0) is 0 Å². The van der Waals surface area contributed by atoms with E-state index < -0.39 is 0 Å². The number of hydrogen-bond donors (Lipinski definition) is 2. The van der Waals surface area contributed by atoms with E-state index in [9.17, 15) is 4.79 Å². The molecule has 0 saturated heterocycles. The molecule has 0 unspecified atom stereocenters. The third-order valence-electron chi connectivity index (χ3n) is 2.91. The molecule has 15 heavy (non-hydrogen) atoms. The molecule has 0 bridgehead atoms. The van der Waals surface area contributed by atoms with Gasteiger partial charge in [0, 0.05) is 17.3 Å². The van der Waals surface area contributed by atoms with Crippen LogP contribution < -0.4 is 11.1 Å². The summed E-state index contributed by atoms with van der Waals surface area (Å²) in [7, 11) is 0. The van der Waals surface area contributed by atoms with Gasteiger partial charge in [0.05, 0.1) is 0 Å². The lowest BCUT2D eigenvalue weighted by Gasteiger charge is -2.34. The van der Waals surface area contributed by atoms with Crippen molar-refractivity contribution < 1.29 is 4.79 Å². The molecule has 0 aliphatic heterocycles. The van der Waals surface area contributed by atoms with Gasteiger partial charge in [-0.15, -0.1) is 0 Å². The standard InChI is InChI=1S/C12H16N2O/c1-8-6-11(7-8)14-10-4-2-9(3-5-10)12(13)15/h2-5,8,11,14H,6-7H2,1H3,(H2,13,15). The van der Waals surface area contributed by atoms with Crippen LogP contribution in [0.15, 0.2) is 24.3 Å². The van der Waals surface area contributed by atoms with Gasteiger partial charge < -0.3 is 11.1 Å². The Balaban J connectivity index is 1.95. The Hall–Kier alpha value is -1.51. The van der Waals surface area contributed by atoms with Gasteiger partial charge in [0.2, 0.25) is 5.91 Å². The number of rotatable bonds is 3. The number of primary amides is 1. The second kappa shape index (κ2) is 3.93. The molecule has 0 radical (unpaired) electrons. The van der Waals surface area contributed by atoms with E-state index in [4.69, 9.17) is 5.73 Å². The van der Waals surface area contributed by atoms with Gasteiger partial charge in [0.1, 0.15) is 0 Å². The maximum Gasteiger partial charge on any atom is 0.248 e. The van der Waals surface area contributed by atoms with Gasteiger partial charge in [-0.2, -0.15) is 0 Å². The zero-order valence-corrected chi connectivity index (χ0v) is 8.86. The molecule has 1 aromatic carbocycles. The van der Waals surface area contributed by atoms with Gasteiger partial charge in [-0.25, -0.2) is 0 Å². The predicted molar refractivity (Wildman–Crippen MR) is 60.8 cm³/mol. The van der Waals surface area contributed by atoms with Crippen LogP contribution >= 0.6 is 0 Å². The van der Waals surface area contributed by atoms with Gasteiger partial charge in [0.25, 0.3) is 0 Å². The topological polar surface area (TPSA) is 55.1 Å². The van der Waals surface area contributed by atoms with Crippen LogP contribution in [-0.4, -0.2) is 11.9 Å². The maximum atomic E-state index is 10.8. The molecule has 2 rings (SSSR count). The van der Waals surface area contributed by atoms with Crippen molar-refractivity contribution in [2.24, 2.45) is 11.7 Å². The SMILES string of the molecule is CC1CC(Nc2ccc(C(N)=O)cc2)C1. The normalized spacial score (nSPS) is 24.3. The van der Waals surface area contributed by atoms with Gasteiger partial charge in [-0.3, -0.25) is 4.79 Å². The average Bonchev–Trinajstić information content (AvgIpc) is 2.16. The summed E-state index contributed by atoms with van der Waals surface area (Å²) in [5.41, 5.74) is 6.79. The third kappa shape index (κ3) is 2.29. The van der Waals surface area contributed by atoms with Crippen LogP contribution in [0.3, 0.4) is 0 Å². The predicted octanol–water partition coefficient (Wildman–Crippen LogP) is 2.00. The lowest BCUT2D eigenvalue weighted by Crippen LogP contribution is -2.33. The molecule has 1 fully saturated rings. The van der Waals surface area contributed by atoms with Crippen molar-refractivity contribution in [3.8, 4) is 0 Å². The summed E-state index contributed by atoms with van der Waals surface area (Å²) >= 11 is 0. The fourth-order valence-electron chi connectivity index (χ4n) is 1.99. The van der Waals surface area contributed by atoms with Crippen LogP contribution in [0.25, 0.3) is 0 Å². The summed E-state index contributed by atoms with van der Waals surface area (Å²) in [6.07, 6.45) is 2.47. The molecule has 0 heterocycles. The highest BCUT2D eigenvalue weighted by Crippen LogP contribution is 2.29. The second-order valence-electron chi connectivity index (χ2n) is 4.36. The van der Waals surface area contributed by atoms with Crippen molar-refractivity contribution in [2.75, 3.05) is 5.32 Å². The molecule has 3 heteroatoms. The molecule has 0 aromatic heterocycles. The van der Waals surface area contributed by atoms with Gasteiger partial charge >= 0.3 is 0 Å². The molecule has 1 aromatic rings. The quantitative estimate of drug-likeness (QED) is 0.791. The molecule has 0 atom stereocenters. The molecule has 1 aliphatic rings. The molecule has 0 spiro atoms. The Morgan fingerprint density at radius 2 is 1.93 bits per heavy atom. The molecular formula is C12H16N2O. The number of hydrogen-bond acceptors (Lipinski definition) is 2. The van der Waals surface area contributed by atoms with Crippen molar-refractivity contribution in [3.05, 3.63) is 29.8 Å². The van der Waals surface area contributed by atoms with E-state index in [-0.39, 0.29) is 5.91 Å². The summed E-state index contributed by atoms with van der Waals surface area (Å²) in [5, 5.41) is 3.42. The minimum absolute atomic E-state index is 0.376. The lowest BCUT2D eigenvalue weighted by atomic mass is 9.82. The molecule has 1 saturated carbocycles. The minimum Gasteiger partial charge on any atom is -0.382 e. The molecule has 3 N–H and O–H groups in total. The number of carbonyl (C=O) groups excluding carboxylic acids is 1. The summed E-state index contributed by atoms with van der Waals surface area (Å²) in [6, 6.07) is 7.92. The van der Waals surface area contributed by atoms with Crippen molar-refractivity contribution in [1.82, 2.24) is 0 Å². The highest BCUT2D eigenvalue weighted by molar-refractivity contribution is 5.93. The van der Waals surface area contributed by atoms with E-state index in [0.29, 0.717) is 11.6 Å². The third-order valence-corrected chi connectivity index (χ3v) is 2.91.